The third-order valence-electron chi connectivity index (χ3n) is 4.64. The zero-order valence-electron chi connectivity index (χ0n) is 16.2. The van der Waals surface area contributed by atoms with Crippen molar-refractivity contribution in [3.8, 4) is 5.75 Å². The first-order valence-corrected chi connectivity index (χ1v) is 9.77. The van der Waals surface area contributed by atoms with Gasteiger partial charge in [0, 0.05) is 25.7 Å². The zero-order valence-corrected chi connectivity index (χ0v) is 17.7. The highest BCUT2D eigenvalue weighted by Crippen LogP contribution is 2.34. The van der Waals surface area contributed by atoms with Crippen molar-refractivity contribution in [1.82, 2.24) is 9.80 Å². The SMILES string of the molecule is CCOC(=O)C1CCN(C(=O)CN(C)C(=O)c2cc(Cl)c(OC)c(Cl)c2)CC1. The Morgan fingerprint density at radius 3 is 2.25 bits per heavy atom. The molecule has 0 N–H and O–H groups in total. The van der Waals surface area contributed by atoms with Crippen LogP contribution in [-0.2, 0) is 14.3 Å². The van der Waals surface area contributed by atoms with Crippen LogP contribution >= 0.6 is 23.2 Å². The third kappa shape index (κ3) is 5.29. The molecule has 0 saturated carbocycles. The second kappa shape index (κ2) is 9.98. The molecule has 1 fully saturated rings. The van der Waals surface area contributed by atoms with E-state index in [1.807, 2.05) is 0 Å². The van der Waals surface area contributed by atoms with Crippen LogP contribution in [0.5, 0.6) is 5.75 Å². The average Bonchev–Trinajstić information content (AvgIpc) is 2.67. The van der Waals surface area contributed by atoms with Gasteiger partial charge in [-0.15, -0.1) is 0 Å². The van der Waals surface area contributed by atoms with Gasteiger partial charge in [0.05, 0.1) is 36.2 Å². The lowest BCUT2D eigenvalue weighted by molar-refractivity contribution is -0.151. The first kappa shape index (κ1) is 22.3. The molecule has 7 nitrogen and oxygen atoms in total. The maximum Gasteiger partial charge on any atom is 0.309 e. The predicted octanol–water partition coefficient (Wildman–Crippen LogP) is 2.88. The Labute approximate surface area is 174 Å². The molecule has 9 heteroatoms. The first-order chi connectivity index (χ1) is 13.3. The summed E-state index contributed by atoms with van der Waals surface area (Å²) in [6, 6.07) is 2.92. The Morgan fingerprint density at radius 2 is 1.75 bits per heavy atom. The number of rotatable bonds is 6. The number of likely N-dealkylation sites (N-methyl/N-ethyl adjacent to an activating group) is 1. The number of hydrogen-bond acceptors (Lipinski definition) is 5. The summed E-state index contributed by atoms with van der Waals surface area (Å²) in [5.74, 6) is -0.643. The Bertz CT molecular complexity index is 725. The molecular formula is C19H24Cl2N2O5. The molecular weight excluding hydrogens is 407 g/mol. The van der Waals surface area contributed by atoms with Gasteiger partial charge in [0.2, 0.25) is 5.91 Å². The zero-order chi connectivity index (χ0) is 20.8. The summed E-state index contributed by atoms with van der Waals surface area (Å²) in [7, 11) is 2.97. The Balaban J connectivity index is 1.94. The fourth-order valence-corrected chi connectivity index (χ4v) is 3.74. The molecule has 1 aliphatic heterocycles. The second-order valence-electron chi connectivity index (χ2n) is 6.54. The second-order valence-corrected chi connectivity index (χ2v) is 7.36. The molecule has 2 amide bonds. The largest absolute Gasteiger partial charge is 0.494 e. The van der Waals surface area contributed by atoms with Crippen molar-refractivity contribution >= 4 is 41.0 Å². The molecule has 1 aromatic carbocycles. The van der Waals surface area contributed by atoms with E-state index < -0.39 is 0 Å². The highest BCUT2D eigenvalue weighted by molar-refractivity contribution is 6.37. The number of hydrogen-bond donors (Lipinski definition) is 0. The Hall–Kier alpha value is -1.99. The smallest absolute Gasteiger partial charge is 0.309 e. The molecule has 154 valence electrons. The average molecular weight is 431 g/mol. The normalized spacial score (nSPS) is 14.5. The molecule has 2 rings (SSSR count). The lowest BCUT2D eigenvalue weighted by atomic mass is 9.97. The van der Waals surface area contributed by atoms with Gasteiger partial charge < -0.3 is 19.3 Å². The molecule has 0 unspecified atom stereocenters. The molecule has 1 aliphatic rings. The maximum absolute atomic E-state index is 12.6. The van der Waals surface area contributed by atoms with Crippen LogP contribution in [0, 0.1) is 5.92 Å². The molecule has 0 spiro atoms. The van der Waals surface area contributed by atoms with Crippen molar-refractivity contribution in [2.24, 2.45) is 5.92 Å². The van der Waals surface area contributed by atoms with Crippen LogP contribution < -0.4 is 4.74 Å². The number of benzene rings is 1. The number of nitrogens with zero attached hydrogens (tertiary/aromatic N) is 2. The van der Waals surface area contributed by atoms with Crippen molar-refractivity contribution in [3.05, 3.63) is 27.7 Å². The van der Waals surface area contributed by atoms with Crippen molar-refractivity contribution in [3.63, 3.8) is 0 Å². The lowest BCUT2D eigenvalue weighted by Crippen LogP contribution is -2.45. The number of ether oxygens (including phenoxy) is 2. The minimum Gasteiger partial charge on any atom is -0.494 e. The molecule has 1 saturated heterocycles. The van der Waals surface area contributed by atoms with Gasteiger partial charge in [-0.25, -0.2) is 0 Å². The van der Waals surface area contributed by atoms with E-state index in [2.05, 4.69) is 0 Å². The summed E-state index contributed by atoms with van der Waals surface area (Å²) in [5.41, 5.74) is 0.270. The standard InChI is InChI=1S/C19H24Cl2N2O5/c1-4-28-19(26)12-5-7-23(8-6-12)16(24)11-22(2)18(25)13-9-14(20)17(27-3)15(21)10-13/h9-10,12H,4-8,11H2,1-3H3. The van der Waals surface area contributed by atoms with Gasteiger partial charge >= 0.3 is 5.97 Å². The number of piperidine rings is 1. The molecule has 0 atom stereocenters. The van der Waals surface area contributed by atoms with Gasteiger partial charge in [0.25, 0.3) is 5.91 Å². The molecule has 1 heterocycles. The first-order valence-electron chi connectivity index (χ1n) is 9.01. The van der Waals surface area contributed by atoms with Crippen molar-refractivity contribution in [2.75, 3.05) is 40.4 Å². The highest BCUT2D eigenvalue weighted by atomic mass is 35.5. The topological polar surface area (TPSA) is 76.2 Å². The van der Waals surface area contributed by atoms with Crippen LogP contribution in [0.3, 0.4) is 0 Å². The predicted molar refractivity (Wildman–Crippen MR) is 106 cm³/mol. The van der Waals surface area contributed by atoms with E-state index in [4.69, 9.17) is 32.7 Å². The van der Waals surface area contributed by atoms with E-state index in [-0.39, 0.29) is 45.9 Å². The third-order valence-corrected chi connectivity index (χ3v) is 5.20. The molecule has 28 heavy (non-hydrogen) atoms. The summed E-state index contributed by atoms with van der Waals surface area (Å²) < 4.78 is 10.1. The van der Waals surface area contributed by atoms with E-state index in [0.717, 1.165) is 0 Å². The monoisotopic (exact) mass is 430 g/mol. The highest BCUT2D eigenvalue weighted by Gasteiger charge is 2.29. The van der Waals surface area contributed by atoms with Crippen LogP contribution in [-0.4, -0.2) is 68.0 Å². The van der Waals surface area contributed by atoms with Crippen molar-refractivity contribution in [1.29, 1.82) is 0 Å². The lowest BCUT2D eigenvalue weighted by Gasteiger charge is -2.32. The number of carbonyl (C=O) groups is 3. The summed E-state index contributed by atoms with van der Waals surface area (Å²) in [6.07, 6.45) is 1.12. The summed E-state index contributed by atoms with van der Waals surface area (Å²) in [4.78, 5) is 39.9. The van der Waals surface area contributed by atoms with E-state index in [1.54, 1.807) is 11.8 Å². The molecule has 0 aliphatic carbocycles. The van der Waals surface area contributed by atoms with Gasteiger partial charge in [-0.05, 0) is 31.9 Å². The van der Waals surface area contributed by atoms with Gasteiger partial charge in [-0.3, -0.25) is 14.4 Å². The van der Waals surface area contributed by atoms with E-state index in [0.29, 0.717) is 38.3 Å². The number of esters is 1. The van der Waals surface area contributed by atoms with E-state index in [9.17, 15) is 14.4 Å². The van der Waals surface area contributed by atoms with Gasteiger partial charge in [0.1, 0.15) is 0 Å². The molecule has 0 aromatic heterocycles. The van der Waals surface area contributed by atoms with Gasteiger partial charge in [0.15, 0.2) is 5.75 Å². The summed E-state index contributed by atoms with van der Waals surface area (Å²) >= 11 is 12.2. The van der Waals surface area contributed by atoms with Crippen LogP contribution in [0.15, 0.2) is 12.1 Å². The fourth-order valence-electron chi connectivity index (χ4n) is 3.10. The van der Waals surface area contributed by atoms with Gasteiger partial charge in [-0.1, -0.05) is 23.2 Å². The Morgan fingerprint density at radius 1 is 1.18 bits per heavy atom. The number of carbonyl (C=O) groups excluding carboxylic acids is 3. The van der Waals surface area contributed by atoms with Crippen LogP contribution in [0.2, 0.25) is 10.0 Å². The van der Waals surface area contributed by atoms with Crippen molar-refractivity contribution < 1.29 is 23.9 Å². The number of likely N-dealkylation sites (tertiary alicyclic amines) is 1. The van der Waals surface area contributed by atoms with Crippen molar-refractivity contribution in [2.45, 2.75) is 19.8 Å². The van der Waals surface area contributed by atoms with Crippen LogP contribution in [0.1, 0.15) is 30.1 Å². The summed E-state index contributed by atoms with van der Waals surface area (Å²) in [5, 5.41) is 0.443. The quantitative estimate of drug-likeness (QED) is 0.648. The molecule has 0 radical (unpaired) electrons. The van der Waals surface area contributed by atoms with E-state index >= 15 is 0 Å². The van der Waals surface area contributed by atoms with E-state index in [1.165, 1.54) is 31.2 Å². The maximum atomic E-state index is 12.6. The van der Waals surface area contributed by atoms with Gasteiger partial charge in [-0.2, -0.15) is 0 Å². The Kier molecular flexibility index (Phi) is 7.95. The number of halogens is 2. The molecule has 0 bridgehead atoms. The van der Waals surface area contributed by atoms with Crippen LogP contribution in [0.25, 0.3) is 0 Å². The number of methoxy groups -OCH3 is 1. The number of amides is 2. The molecule has 1 aromatic rings. The minimum atomic E-state index is -0.374. The fraction of sp³-hybridized carbons (Fsp3) is 0.526. The van der Waals surface area contributed by atoms with Crippen LogP contribution in [0.4, 0.5) is 0 Å². The minimum absolute atomic E-state index is 0.0792. The summed E-state index contributed by atoms with van der Waals surface area (Å²) in [6.45, 7) is 2.97.